The predicted octanol–water partition coefficient (Wildman–Crippen LogP) is 3.26. The van der Waals surface area contributed by atoms with Crippen LogP contribution in [0.25, 0.3) is 10.2 Å². The lowest BCUT2D eigenvalue weighted by Crippen LogP contribution is -2.05. The van der Waals surface area contributed by atoms with Crippen molar-refractivity contribution in [1.82, 2.24) is 4.98 Å². The summed E-state index contributed by atoms with van der Waals surface area (Å²) in [6.07, 6.45) is 0.310. The molecule has 0 saturated carbocycles. The Balaban J connectivity index is 1.90. The predicted molar refractivity (Wildman–Crippen MR) is 76.4 cm³/mol. The zero-order valence-electron chi connectivity index (χ0n) is 10.4. The summed E-state index contributed by atoms with van der Waals surface area (Å²) in [5.41, 5.74) is 0.896. The van der Waals surface area contributed by atoms with Gasteiger partial charge in [0.2, 0.25) is 0 Å². The van der Waals surface area contributed by atoms with E-state index in [0.29, 0.717) is 6.61 Å². The number of esters is 1. The third-order valence-electron chi connectivity index (χ3n) is 2.31. The van der Waals surface area contributed by atoms with Crippen LogP contribution in [-0.2, 0) is 14.3 Å². The highest BCUT2D eigenvalue weighted by molar-refractivity contribution is 8.15. The number of thioether (sulfide) groups is 1. The van der Waals surface area contributed by atoms with Gasteiger partial charge in [-0.15, -0.1) is 11.3 Å². The van der Waals surface area contributed by atoms with E-state index < -0.39 is 0 Å². The fraction of sp³-hybridized carbons (Fsp3) is 0.308. The number of rotatable bonds is 5. The molecule has 1 aromatic carbocycles. The van der Waals surface area contributed by atoms with Gasteiger partial charge in [0, 0.05) is 6.42 Å². The van der Waals surface area contributed by atoms with Crippen LogP contribution in [0, 0.1) is 0 Å². The lowest BCUT2D eigenvalue weighted by atomic mass is 10.3. The molecule has 0 spiro atoms. The van der Waals surface area contributed by atoms with Crippen LogP contribution >= 0.6 is 23.1 Å². The first-order valence-electron chi connectivity index (χ1n) is 5.91. The Kier molecular flexibility index (Phi) is 4.93. The van der Waals surface area contributed by atoms with Gasteiger partial charge in [-0.1, -0.05) is 12.1 Å². The van der Waals surface area contributed by atoms with E-state index in [0.717, 1.165) is 26.3 Å². The van der Waals surface area contributed by atoms with E-state index in [1.165, 1.54) is 11.3 Å². The molecule has 0 amide bonds. The quantitative estimate of drug-likeness (QED) is 0.626. The molecule has 1 aromatic heterocycles. The van der Waals surface area contributed by atoms with Crippen molar-refractivity contribution in [3.63, 3.8) is 0 Å². The fourth-order valence-electron chi connectivity index (χ4n) is 1.48. The molecule has 0 N–H and O–H groups in total. The SMILES string of the molecule is CCOC(=O)CCC(=O)Sc1nc2ccccc2s1. The van der Waals surface area contributed by atoms with Crippen molar-refractivity contribution in [2.45, 2.75) is 24.1 Å². The van der Waals surface area contributed by atoms with Crippen LogP contribution in [-0.4, -0.2) is 22.7 Å². The molecule has 19 heavy (non-hydrogen) atoms. The van der Waals surface area contributed by atoms with Gasteiger partial charge in [-0.3, -0.25) is 9.59 Å². The van der Waals surface area contributed by atoms with Crippen molar-refractivity contribution in [2.75, 3.05) is 6.61 Å². The van der Waals surface area contributed by atoms with Crippen molar-refractivity contribution in [3.05, 3.63) is 24.3 Å². The van der Waals surface area contributed by atoms with Crippen LogP contribution in [0.5, 0.6) is 0 Å². The minimum Gasteiger partial charge on any atom is -0.466 e. The number of carbonyl (C=O) groups is 2. The second-order valence-electron chi connectivity index (χ2n) is 3.73. The first kappa shape index (κ1) is 14.0. The van der Waals surface area contributed by atoms with Crippen LogP contribution in [0.2, 0.25) is 0 Å². The maximum atomic E-state index is 11.7. The van der Waals surface area contributed by atoms with E-state index >= 15 is 0 Å². The largest absolute Gasteiger partial charge is 0.466 e. The molecule has 0 saturated heterocycles. The monoisotopic (exact) mass is 295 g/mol. The summed E-state index contributed by atoms with van der Waals surface area (Å²) >= 11 is 2.58. The molecule has 0 radical (unpaired) electrons. The molecule has 0 aliphatic heterocycles. The number of nitrogens with zero attached hydrogens (tertiary/aromatic N) is 1. The lowest BCUT2D eigenvalue weighted by molar-refractivity contribution is -0.143. The number of benzene rings is 1. The van der Waals surface area contributed by atoms with Gasteiger partial charge >= 0.3 is 5.97 Å². The second-order valence-corrected chi connectivity index (χ2v) is 6.06. The maximum absolute atomic E-state index is 11.7. The molecule has 4 nitrogen and oxygen atoms in total. The van der Waals surface area contributed by atoms with E-state index in [1.54, 1.807) is 6.92 Å². The van der Waals surface area contributed by atoms with Gasteiger partial charge < -0.3 is 4.74 Å². The summed E-state index contributed by atoms with van der Waals surface area (Å²) in [6.45, 7) is 2.09. The Hall–Kier alpha value is -1.40. The van der Waals surface area contributed by atoms with Crippen molar-refractivity contribution in [2.24, 2.45) is 0 Å². The molecule has 100 valence electrons. The number of carbonyl (C=O) groups excluding carboxylic acids is 2. The van der Waals surface area contributed by atoms with E-state index in [9.17, 15) is 9.59 Å². The Morgan fingerprint density at radius 1 is 1.32 bits per heavy atom. The van der Waals surface area contributed by atoms with E-state index in [4.69, 9.17) is 4.74 Å². The summed E-state index contributed by atoms with van der Waals surface area (Å²) in [5, 5.41) is -0.0629. The molecule has 0 unspecified atom stereocenters. The third-order valence-corrected chi connectivity index (χ3v) is 4.34. The molecule has 2 aromatic rings. The molecular weight excluding hydrogens is 282 g/mol. The molecule has 6 heteroatoms. The Morgan fingerprint density at radius 3 is 2.84 bits per heavy atom. The number of thiazole rings is 1. The zero-order chi connectivity index (χ0) is 13.7. The summed E-state index contributed by atoms with van der Waals surface area (Å²) in [5.74, 6) is -0.333. The second kappa shape index (κ2) is 6.68. The Labute approximate surface area is 119 Å². The summed E-state index contributed by atoms with van der Waals surface area (Å²) in [6, 6.07) is 7.75. The molecular formula is C13H13NO3S2. The highest BCUT2D eigenvalue weighted by Gasteiger charge is 2.12. The topological polar surface area (TPSA) is 56.3 Å². The summed E-state index contributed by atoms with van der Waals surface area (Å²) in [4.78, 5) is 27.2. The van der Waals surface area contributed by atoms with Gasteiger partial charge in [0.1, 0.15) is 0 Å². The van der Waals surface area contributed by atoms with Crippen LogP contribution in [0.15, 0.2) is 28.6 Å². The average molecular weight is 295 g/mol. The number of hydrogen-bond acceptors (Lipinski definition) is 6. The molecule has 2 rings (SSSR count). The van der Waals surface area contributed by atoms with Crippen LogP contribution in [0.4, 0.5) is 0 Å². The average Bonchev–Trinajstić information content (AvgIpc) is 2.78. The van der Waals surface area contributed by atoms with E-state index in [2.05, 4.69) is 4.98 Å². The summed E-state index contributed by atoms with van der Waals surface area (Å²) < 4.78 is 6.55. The van der Waals surface area contributed by atoms with Crippen molar-refractivity contribution in [1.29, 1.82) is 0 Å². The van der Waals surface area contributed by atoms with Crippen LogP contribution < -0.4 is 0 Å². The number of fused-ring (bicyclic) bond motifs is 1. The smallest absolute Gasteiger partial charge is 0.306 e. The van der Waals surface area contributed by atoms with Crippen LogP contribution in [0.3, 0.4) is 0 Å². The van der Waals surface area contributed by atoms with Gasteiger partial charge in [0.15, 0.2) is 9.45 Å². The first-order valence-corrected chi connectivity index (χ1v) is 7.54. The number of hydrogen-bond donors (Lipinski definition) is 0. The maximum Gasteiger partial charge on any atom is 0.306 e. The molecule has 0 atom stereocenters. The van der Waals surface area contributed by atoms with Gasteiger partial charge in [0.05, 0.1) is 23.2 Å². The van der Waals surface area contributed by atoms with Gasteiger partial charge in [-0.2, -0.15) is 0 Å². The first-order chi connectivity index (χ1) is 9.19. The number of ether oxygens (including phenoxy) is 1. The number of aromatic nitrogens is 1. The molecule has 0 fully saturated rings. The van der Waals surface area contributed by atoms with Gasteiger partial charge in [-0.05, 0) is 30.8 Å². The minimum atomic E-state index is -0.333. The fourth-order valence-corrected chi connectivity index (χ4v) is 3.44. The molecule has 1 heterocycles. The highest BCUT2D eigenvalue weighted by atomic mass is 32.2. The standard InChI is InChI=1S/C13H13NO3S2/c1-2-17-11(15)7-8-12(16)19-13-14-9-5-3-4-6-10(9)18-13/h3-6H,2,7-8H2,1H3. The highest BCUT2D eigenvalue weighted by Crippen LogP contribution is 2.30. The third kappa shape index (κ3) is 4.04. The van der Waals surface area contributed by atoms with E-state index in [1.807, 2.05) is 24.3 Å². The van der Waals surface area contributed by atoms with Crippen molar-refractivity contribution in [3.8, 4) is 0 Å². The Bertz CT molecular complexity index is 561. The molecule has 0 aliphatic rings. The Morgan fingerprint density at radius 2 is 2.11 bits per heavy atom. The lowest BCUT2D eigenvalue weighted by Gasteiger charge is -1.99. The molecule has 0 bridgehead atoms. The molecule has 0 aliphatic carbocycles. The zero-order valence-corrected chi connectivity index (χ0v) is 12.1. The number of para-hydroxylation sites is 1. The minimum absolute atomic E-state index is 0.0629. The van der Waals surface area contributed by atoms with E-state index in [-0.39, 0.29) is 23.9 Å². The van der Waals surface area contributed by atoms with Gasteiger partial charge in [0.25, 0.3) is 0 Å². The normalized spacial score (nSPS) is 10.6. The summed E-state index contributed by atoms with van der Waals surface area (Å²) in [7, 11) is 0. The van der Waals surface area contributed by atoms with Crippen molar-refractivity contribution >= 4 is 44.4 Å². The van der Waals surface area contributed by atoms with Crippen LogP contribution in [0.1, 0.15) is 19.8 Å². The van der Waals surface area contributed by atoms with Gasteiger partial charge in [-0.25, -0.2) is 4.98 Å². The van der Waals surface area contributed by atoms with Crippen molar-refractivity contribution < 1.29 is 14.3 Å².